The molecule has 0 aliphatic heterocycles. The highest BCUT2D eigenvalue weighted by molar-refractivity contribution is 6.01. The SMILES string of the molecule is C[C@@H]1C[C@H]2[C@@H]3CCC4=CC(=O)C=C[C@]4(C)[C@H]3CC[C@]2(C)[C@H]1C(=O)O. The highest BCUT2D eigenvalue weighted by atomic mass is 16.4. The first-order valence-electron chi connectivity index (χ1n) is 9.44. The maximum atomic E-state index is 11.9. The standard InChI is InChI=1S/C21H28O3/c1-12-10-17-15-5-4-13-11-14(22)6-8-20(13,2)16(15)7-9-21(17,3)18(12)19(23)24/h6,8,11-12,15-18H,4-5,7,9-10H2,1-3H3,(H,23,24)/t12-,15-,16+,17+,18-,20+,21+/m1/s1. The van der Waals surface area contributed by atoms with E-state index in [1.54, 1.807) is 6.08 Å². The third kappa shape index (κ3) is 1.96. The number of hydrogen-bond donors (Lipinski definition) is 1. The predicted octanol–water partition coefficient (Wildman–Crippen LogP) is 4.24. The number of hydrogen-bond acceptors (Lipinski definition) is 2. The molecule has 4 aliphatic carbocycles. The van der Waals surface area contributed by atoms with Crippen LogP contribution >= 0.6 is 0 Å². The van der Waals surface area contributed by atoms with Gasteiger partial charge in [0.25, 0.3) is 0 Å². The molecule has 0 aromatic carbocycles. The topological polar surface area (TPSA) is 54.4 Å². The summed E-state index contributed by atoms with van der Waals surface area (Å²) in [6.45, 7) is 6.67. The van der Waals surface area contributed by atoms with Crippen LogP contribution in [0.5, 0.6) is 0 Å². The molecule has 0 aromatic rings. The summed E-state index contributed by atoms with van der Waals surface area (Å²) in [5.41, 5.74) is 1.25. The van der Waals surface area contributed by atoms with Gasteiger partial charge in [0.15, 0.2) is 5.78 Å². The fraction of sp³-hybridized carbons (Fsp3) is 0.714. The Bertz CT molecular complexity index is 660. The van der Waals surface area contributed by atoms with E-state index in [1.807, 2.05) is 6.08 Å². The fourth-order valence-corrected chi connectivity index (χ4v) is 7.09. The molecule has 0 radical (unpaired) electrons. The zero-order valence-corrected chi connectivity index (χ0v) is 14.9. The summed E-state index contributed by atoms with van der Waals surface area (Å²) < 4.78 is 0. The number of rotatable bonds is 1. The zero-order chi connectivity index (χ0) is 17.3. The van der Waals surface area contributed by atoms with Crippen molar-refractivity contribution in [1.29, 1.82) is 0 Å². The van der Waals surface area contributed by atoms with Crippen molar-refractivity contribution in [2.24, 2.45) is 40.4 Å². The number of carbonyl (C=O) groups is 2. The van der Waals surface area contributed by atoms with Crippen LogP contribution in [0.4, 0.5) is 0 Å². The number of ketones is 1. The molecule has 4 aliphatic rings. The molecule has 24 heavy (non-hydrogen) atoms. The van der Waals surface area contributed by atoms with Crippen molar-refractivity contribution in [2.75, 3.05) is 0 Å². The van der Waals surface area contributed by atoms with Crippen molar-refractivity contribution in [2.45, 2.75) is 52.9 Å². The Kier molecular flexibility index (Phi) is 3.40. The number of fused-ring (bicyclic) bond motifs is 5. The van der Waals surface area contributed by atoms with E-state index >= 15 is 0 Å². The zero-order valence-electron chi connectivity index (χ0n) is 14.9. The Labute approximate surface area is 144 Å². The normalized spacial score (nSPS) is 49.9. The smallest absolute Gasteiger partial charge is 0.307 e. The number of carboxylic acids is 1. The molecule has 0 saturated heterocycles. The average molecular weight is 328 g/mol. The van der Waals surface area contributed by atoms with Gasteiger partial charge in [0.2, 0.25) is 0 Å². The summed E-state index contributed by atoms with van der Waals surface area (Å²) in [6.07, 6.45) is 11.0. The Morgan fingerprint density at radius 3 is 2.71 bits per heavy atom. The van der Waals surface area contributed by atoms with Crippen LogP contribution in [0.3, 0.4) is 0 Å². The van der Waals surface area contributed by atoms with Crippen LogP contribution in [-0.4, -0.2) is 16.9 Å². The molecule has 3 heteroatoms. The predicted molar refractivity (Wildman–Crippen MR) is 92.3 cm³/mol. The summed E-state index contributed by atoms with van der Waals surface area (Å²) in [5, 5.41) is 9.79. The summed E-state index contributed by atoms with van der Waals surface area (Å²) in [5.74, 6) is 1.26. The minimum atomic E-state index is -0.600. The van der Waals surface area contributed by atoms with Crippen molar-refractivity contribution in [3.8, 4) is 0 Å². The molecule has 3 fully saturated rings. The lowest BCUT2D eigenvalue weighted by molar-refractivity contribution is -0.150. The van der Waals surface area contributed by atoms with E-state index in [-0.39, 0.29) is 28.4 Å². The van der Waals surface area contributed by atoms with Gasteiger partial charge in [0.05, 0.1) is 5.92 Å². The van der Waals surface area contributed by atoms with Crippen molar-refractivity contribution in [3.05, 3.63) is 23.8 Å². The van der Waals surface area contributed by atoms with Crippen LogP contribution in [0, 0.1) is 40.4 Å². The van der Waals surface area contributed by atoms with Crippen LogP contribution in [0.1, 0.15) is 52.9 Å². The Morgan fingerprint density at radius 2 is 2.00 bits per heavy atom. The number of allylic oxidation sites excluding steroid dienone is 4. The van der Waals surface area contributed by atoms with Crippen LogP contribution < -0.4 is 0 Å². The van der Waals surface area contributed by atoms with Gasteiger partial charge in [-0.15, -0.1) is 0 Å². The van der Waals surface area contributed by atoms with Crippen LogP contribution in [0.15, 0.2) is 23.8 Å². The highest BCUT2D eigenvalue weighted by Crippen LogP contribution is 2.67. The molecule has 4 rings (SSSR count). The first-order valence-corrected chi connectivity index (χ1v) is 9.44. The molecule has 0 spiro atoms. The Hall–Kier alpha value is -1.38. The van der Waals surface area contributed by atoms with Crippen molar-refractivity contribution in [3.63, 3.8) is 0 Å². The van der Waals surface area contributed by atoms with Gasteiger partial charge in [-0.25, -0.2) is 0 Å². The second kappa shape index (κ2) is 5.06. The van der Waals surface area contributed by atoms with Crippen LogP contribution in [0.25, 0.3) is 0 Å². The molecule has 0 bridgehead atoms. The maximum Gasteiger partial charge on any atom is 0.307 e. The second-order valence-electron chi connectivity index (χ2n) is 9.18. The largest absolute Gasteiger partial charge is 0.481 e. The van der Waals surface area contributed by atoms with Gasteiger partial charge in [-0.1, -0.05) is 32.4 Å². The second-order valence-corrected chi connectivity index (χ2v) is 9.18. The summed E-state index contributed by atoms with van der Waals surface area (Å²) in [6, 6.07) is 0. The quantitative estimate of drug-likeness (QED) is 0.783. The number of carbonyl (C=O) groups excluding carboxylic acids is 1. The number of aliphatic carboxylic acids is 1. The molecule has 3 saturated carbocycles. The van der Waals surface area contributed by atoms with E-state index in [0.717, 1.165) is 32.1 Å². The lowest BCUT2D eigenvalue weighted by Crippen LogP contribution is -2.50. The van der Waals surface area contributed by atoms with Gasteiger partial charge in [-0.05, 0) is 73.3 Å². The Morgan fingerprint density at radius 1 is 1.25 bits per heavy atom. The van der Waals surface area contributed by atoms with Gasteiger partial charge in [-0.3, -0.25) is 9.59 Å². The van der Waals surface area contributed by atoms with Crippen LogP contribution in [0.2, 0.25) is 0 Å². The van der Waals surface area contributed by atoms with E-state index in [9.17, 15) is 14.7 Å². The molecule has 0 amide bonds. The molecule has 7 atom stereocenters. The molecule has 0 unspecified atom stereocenters. The maximum absolute atomic E-state index is 11.9. The molecule has 3 nitrogen and oxygen atoms in total. The van der Waals surface area contributed by atoms with E-state index in [2.05, 4.69) is 26.8 Å². The van der Waals surface area contributed by atoms with E-state index in [1.165, 1.54) is 5.57 Å². The molecule has 130 valence electrons. The molecular formula is C21H28O3. The first kappa shape index (κ1) is 16.1. The van der Waals surface area contributed by atoms with Crippen LogP contribution in [-0.2, 0) is 9.59 Å². The van der Waals surface area contributed by atoms with Crippen molar-refractivity contribution in [1.82, 2.24) is 0 Å². The monoisotopic (exact) mass is 328 g/mol. The average Bonchev–Trinajstić information content (AvgIpc) is 2.78. The lowest BCUT2D eigenvalue weighted by atomic mass is 9.48. The summed E-state index contributed by atoms with van der Waals surface area (Å²) in [7, 11) is 0. The summed E-state index contributed by atoms with van der Waals surface area (Å²) >= 11 is 0. The van der Waals surface area contributed by atoms with Crippen molar-refractivity contribution < 1.29 is 14.7 Å². The minimum Gasteiger partial charge on any atom is -0.481 e. The molecular weight excluding hydrogens is 300 g/mol. The highest BCUT2D eigenvalue weighted by Gasteiger charge is 2.61. The molecule has 1 N–H and O–H groups in total. The fourth-order valence-electron chi connectivity index (χ4n) is 7.09. The minimum absolute atomic E-state index is 0.00268. The third-order valence-corrected chi connectivity index (χ3v) is 8.17. The summed E-state index contributed by atoms with van der Waals surface area (Å²) in [4.78, 5) is 23.7. The van der Waals surface area contributed by atoms with E-state index in [4.69, 9.17) is 0 Å². The first-order chi connectivity index (χ1) is 11.3. The van der Waals surface area contributed by atoms with Gasteiger partial charge >= 0.3 is 5.97 Å². The lowest BCUT2D eigenvalue weighted by Gasteiger charge is -2.56. The van der Waals surface area contributed by atoms with Crippen molar-refractivity contribution >= 4 is 11.8 Å². The number of carboxylic acid groups (broad SMARTS) is 1. The Balaban J connectivity index is 1.70. The molecule has 0 aromatic heterocycles. The third-order valence-electron chi connectivity index (χ3n) is 8.17. The van der Waals surface area contributed by atoms with Gasteiger partial charge in [0.1, 0.15) is 0 Å². The van der Waals surface area contributed by atoms with E-state index in [0.29, 0.717) is 17.8 Å². The molecule has 0 heterocycles. The van der Waals surface area contributed by atoms with Gasteiger partial charge in [0, 0.05) is 5.41 Å². The van der Waals surface area contributed by atoms with E-state index < -0.39 is 5.97 Å². The van der Waals surface area contributed by atoms with Gasteiger partial charge in [-0.2, -0.15) is 0 Å². The van der Waals surface area contributed by atoms with Gasteiger partial charge < -0.3 is 5.11 Å².